The Morgan fingerprint density at radius 2 is 1.53 bits per heavy atom. The zero-order chi connectivity index (χ0) is 10.8. The largest absolute Gasteiger partial charge is 0.346 e. The Kier molecular flexibility index (Phi) is 3.08. The fourth-order valence-corrected chi connectivity index (χ4v) is 1.83. The highest BCUT2D eigenvalue weighted by Gasteiger charge is 2.33. The summed E-state index contributed by atoms with van der Waals surface area (Å²) in [5.74, 6) is 0.290. The highest BCUT2D eigenvalue weighted by Crippen LogP contribution is 2.29. The lowest BCUT2D eigenvalue weighted by atomic mass is 10.0. The van der Waals surface area contributed by atoms with Crippen molar-refractivity contribution in [3.05, 3.63) is 35.9 Å². The van der Waals surface area contributed by atoms with Gasteiger partial charge >= 0.3 is 0 Å². The topological polar surface area (TPSA) is 18.5 Å². The van der Waals surface area contributed by atoms with Crippen molar-refractivity contribution in [3.8, 4) is 0 Å². The van der Waals surface area contributed by atoms with E-state index in [1.165, 1.54) is 5.56 Å². The Hall–Kier alpha value is -0.860. The van der Waals surface area contributed by atoms with Gasteiger partial charge in [0.1, 0.15) is 0 Å². The Balaban J connectivity index is 2.07. The molecule has 0 amide bonds. The molecule has 0 unspecified atom stereocenters. The quantitative estimate of drug-likeness (QED) is 0.740. The van der Waals surface area contributed by atoms with Gasteiger partial charge in [-0.1, -0.05) is 37.3 Å². The third kappa shape index (κ3) is 2.21. The molecule has 1 aliphatic rings. The highest BCUT2D eigenvalue weighted by molar-refractivity contribution is 5.19. The lowest BCUT2D eigenvalue weighted by Gasteiger charge is -2.18. The zero-order valence-corrected chi connectivity index (χ0v) is 9.51. The molecule has 1 aliphatic heterocycles. The van der Waals surface area contributed by atoms with Crippen LogP contribution >= 0.6 is 0 Å². The van der Waals surface area contributed by atoms with E-state index in [9.17, 15) is 0 Å². The monoisotopic (exact) mass is 206 g/mol. The Labute approximate surface area is 91.2 Å². The maximum Gasteiger partial charge on any atom is 0.165 e. The van der Waals surface area contributed by atoms with Gasteiger partial charge in [-0.05, 0) is 19.4 Å². The summed E-state index contributed by atoms with van der Waals surface area (Å²) in [5, 5.41) is 0. The van der Waals surface area contributed by atoms with E-state index in [4.69, 9.17) is 9.47 Å². The van der Waals surface area contributed by atoms with E-state index < -0.39 is 0 Å². The molecule has 0 spiro atoms. The molecule has 1 saturated heterocycles. The Bertz CT molecular complexity index is 300. The van der Waals surface area contributed by atoms with Crippen LogP contribution < -0.4 is 0 Å². The van der Waals surface area contributed by atoms with E-state index in [0.29, 0.717) is 5.92 Å². The van der Waals surface area contributed by atoms with Crippen LogP contribution in [0.1, 0.15) is 32.3 Å². The fraction of sp³-hybridized carbons (Fsp3) is 0.538. The van der Waals surface area contributed by atoms with Gasteiger partial charge in [0.25, 0.3) is 0 Å². The molecule has 0 bridgehead atoms. The summed E-state index contributed by atoms with van der Waals surface area (Å²) in [4.78, 5) is 0. The minimum Gasteiger partial charge on any atom is -0.346 e. The predicted molar refractivity (Wildman–Crippen MR) is 59.7 cm³/mol. The van der Waals surface area contributed by atoms with Gasteiger partial charge in [-0.25, -0.2) is 0 Å². The molecule has 1 aromatic carbocycles. The summed E-state index contributed by atoms with van der Waals surface area (Å²) in [7, 11) is 0. The maximum atomic E-state index is 5.77. The minimum absolute atomic E-state index is 0.0996. The van der Waals surface area contributed by atoms with Crippen LogP contribution in [-0.4, -0.2) is 18.5 Å². The van der Waals surface area contributed by atoms with E-state index in [-0.39, 0.29) is 18.5 Å². The van der Waals surface area contributed by atoms with Gasteiger partial charge in [-0.3, -0.25) is 0 Å². The number of hydrogen-bond donors (Lipinski definition) is 0. The molecule has 2 heteroatoms. The first-order chi connectivity index (χ1) is 7.18. The van der Waals surface area contributed by atoms with Crippen molar-refractivity contribution < 1.29 is 9.47 Å². The zero-order valence-electron chi connectivity index (χ0n) is 9.51. The molecule has 3 atom stereocenters. The van der Waals surface area contributed by atoms with Crippen molar-refractivity contribution >= 4 is 0 Å². The fourth-order valence-electron chi connectivity index (χ4n) is 1.83. The third-order valence-electron chi connectivity index (χ3n) is 3.09. The van der Waals surface area contributed by atoms with Gasteiger partial charge in [0.15, 0.2) is 6.29 Å². The summed E-state index contributed by atoms with van der Waals surface area (Å²) in [5.41, 5.74) is 1.27. The molecule has 2 rings (SSSR count). The number of rotatable bonds is 2. The van der Waals surface area contributed by atoms with E-state index in [1.807, 2.05) is 18.2 Å². The second-order valence-electron chi connectivity index (χ2n) is 4.25. The maximum absolute atomic E-state index is 5.77. The third-order valence-corrected chi connectivity index (χ3v) is 3.09. The van der Waals surface area contributed by atoms with Crippen LogP contribution in [0.15, 0.2) is 30.3 Å². The second-order valence-corrected chi connectivity index (χ2v) is 4.25. The molecule has 0 radical (unpaired) electrons. The van der Waals surface area contributed by atoms with Crippen LogP contribution in [0, 0.1) is 0 Å². The molecule has 1 heterocycles. The van der Waals surface area contributed by atoms with Gasteiger partial charge < -0.3 is 9.47 Å². The highest BCUT2D eigenvalue weighted by atomic mass is 16.7. The predicted octanol–water partition coefficient (Wildman–Crippen LogP) is 2.94. The standard InChI is InChI=1S/C13H18O2/c1-9(12-7-5-4-6-8-12)13-14-10(2)11(3)15-13/h4-11,13H,1-3H3/t9-,10+,11+/m0/s1. The normalized spacial score (nSPS) is 29.3. The molecule has 2 nitrogen and oxygen atoms in total. The SMILES string of the molecule is C[C@@H](c1ccccc1)C1O[C@H](C)[C@@H](C)O1. The van der Waals surface area contributed by atoms with Crippen molar-refractivity contribution in [2.75, 3.05) is 0 Å². The summed E-state index contributed by atoms with van der Waals surface area (Å²) < 4.78 is 11.5. The van der Waals surface area contributed by atoms with Crippen molar-refractivity contribution in [2.24, 2.45) is 0 Å². The number of hydrogen-bond acceptors (Lipinski definition) is 2. The summed E-state index contributed by atoms with van der Waals surface area (Å²) >= 11 is 0. The first-order valence-electron chi connectivity index (χ1n) is 5.54. The van der Waals surface area contributed by atoms with Crippen LogP contribution in [0.5, 0.6) is 0 Å². The van der Waals surface area contributed by atoms with Crippen molar-refractivity contribution in [1.29, 1.82) is 0 Å². The Morgan fingerprint density at radius 1 is 1.00 bits per heavy atom. The van der Waals surface area contributed by atoms with Gasteiger partial charge in [-0.15, -0.1) is 0 Å². The van der Waals surface area contributed by atoms with Crippen LogP contribution in [0.25, 0.3) is 0 Å². The molecular weight excluding hydrogens is 188 g/mol. The van der Waals surface area contributed by atoms with Crippen molar-refractivity contribution in [3.63, 3.8) is 0 Å². The molecule has 15 heavy (non-hydrogen) atoms. The second kappa shape index (κ2) is 4.33. The van der Waals surface area contributed by atoms with Crippen LogP contribution in [-0.2, 0) is 9.47 Å². The molecule has 0 aromatic heterocycles. The van der Waals surface area contributed by atoms with Crippen LogP contribution in [0.3, 0.4) is 0 Å². The van der Waals surface area contributed by atoms with Gasteiger partial charge in [0.05, 0.1) is 12.2 Å². The summed E-state index contributed by atoms with van der Waals surface area (Å²) in [6.07, 6.45) is 0.291. The molecule has 1 fully saturated rings. The van der Waals surface area contributed by atoms with Crippen LogP contribution in [0.4, 0.5) is 0 Å². The molecule has 0 aliphatic carbocycles. The molecule has 0 N–H and O–H groups in total. The van der Waals surface area contributed by atoms with Gasteiger partial charge in [-0.2, -0.15) is 0 Å². The van der Waals surface area contributed by atoms with E-state index in [2.05, 4.69) is 32.9 Å². The van der Waals surface area contributed by atoms with E-state index in [0.717, 1.165) is 0 Å². The Morgan fingerprint density at radius 3 is 2.07 bits per heavy atom. The van der Waals surface area contributed by atoms with Crippen LogP contribution in [0.2, 0.25) is 0 Å². The molecule has 1 aromatic rings. The molecule has 82 valence electrons. The smallest absolute Gasteiger partial charge is 0.165 e. The van der Waals surface area contributed by atoms with E-state index in [1.54, 1.807) is 0 Å². The number of benzene rings is 1. The summed E-state index contributed by atoms with van der Waals surface area (Å²) in [6, 6.07) is 10.4. The lowest BCUT2D eigenvalue weighted by Crippen LogP contribution is -2.17. The van der Waals surface area contributed by atoms with Crippen molar-refractivity contribution in [2.45, 2.75) is 45.2 Å². The van der Waals surface area contributed by atoms with Gasteiger partial charge in [0.2, 0.25) is 0 Å². The van der Waals surface area contributed by atoms with E-state index >= 15 is 0 Å². The first-order valence-corrected chi connectivity index (χ1v) is 5.54. The molecule has 0 saturated carbocycles. The first kappa shape index (κ1) is 10.7. The minimum atomic E-state index is -0.0996. The molecular formula is C13H18O2. The number of ether oxygens (including phenoxy) is 2. The average Bonchev–Trinajstić information content (AvgIpc) is 2.59. The summed E-state index contributed by atoms with van der Waals surface area (Å²) in [6.45, 7) is 6.26. The van der Waals surface area contributed by atoms with Crippen molar-refractivity contribution in [1.82, 2.24) is 0 Å². The van der Waals surface area contributed by atoms with Gasteiger partial charge in [0, 0.05) is 5.92 Å². The average molecular weight is 206 g/mol. The lowest BCUT2D eigenvalue weighted by molar-refractivity contribution is -0.0767.